The van der Waals surface area contributed by atoms with Gasteiger partial charge in [0.15, 0.2) is 0 Å². The Labute approximate surface area is 81.0 Å². The van der Waals surface area contributed by atoms with Crippen LogP contribution in [0.3, 0.4) is 0 Å². The molecule has 0 spiro atoms. The van der Waals surface area contributed by atoms with Crippen LogP contribution in [0.1, 0.15) is 18.1 Å². The van der Waals surface area contributed by atoms with E-state index in [4.69, 9.17) is 4.74 Å². The van der Waals surface area contributed by atoms with E-state index >= 15 is 0 Å². The zero-order chi connectivity index (χ0) is 9.97. The fourth-order valence-electron chi connectivity index (χ4n) is 1.51. The van der Waals surface area contributed by atoms with Crippen molar-refractivity contribution in [2.45, 2.75) is 12.5 Å². The van der Waals surface area contributed by atoms with Crippen molar-refractivity contribution in [3.8, 4) is 0 Å². The number of para-hydroxylation sites is 1. The topological polar surface area (TPSA) is 52.4 Å². The molecule has 4 nitrogen and oxygen atoms in total. The third-order valence-electron chi connectivity index (χ3n) is 2.17. The standard InChI is InChI=1S/C10H9NO3/c12-11(13)9-5-2-1-4-8(9)10-6-3-7-14-10/h1-5,7,10H,6H2/t10-/m1/s1. The molecular formula is C10H9NO3. The lowest BCUT2D eigenvalue weighted by atomic mass is 10.1. The number of nitro benzene ring substituents is 1. The van der Waals surface area contributed by atoms with Gasteiger partial charge in [-0.1, -0.05) is 12.1 Å². The van der Waals surface area contributed by atoms with Gasteiger partial charge in [-0.2, -0.15) is 0 Å². The first-order valence-corrected chi connectivity index (χ1v) is 4.33. The minimum Gasteiger partial charge on any atom is -0.493 e. The summed E-state index contributed by atoms with van der Waals surface area (Å²) in [7, 11) is 0. The van der Waals surface area contributed by atoms with Gasteiger partial charge in [0, 0.05) is 12.5 Å². The molecule has 1 atom stereocenters. The van der Waals surface area contributed by atoms with Gasteiger partial charge in [0.1, 0.15) is 6.10 Å². The highest BCUT2D eigenvalue weighted by Crippen LogP contribution is 2.32. The molecule has 0 amide bonds. The largest absolute Gasteiger partial charge is 0.493 e. The van der Waals surface area contributed by atoms with E-state index in [1.54, 1.807) is 24.5 Å². The minimum absolute atomic E-state index is 0.126. The summed E-state index contributed by atoms with van der Waals surface area (Å²) in [6.45, 7) is 0. The molecule has 0 radical (unpaired) electrons. The highest BCUT2D eigenvalue weighted by atomic mass is 16.6. The van der Waals surface area contributed by atoms with Gasteiger partial charge in [-0.15, -0.1) is 0 Å². The fourth-order valence-corrected chi connectivity index (χ4v) is 1.51. The van der Waals surface area contributed by atoms with Crippen LogP contribution in [-0.4, -0.2) is 4.92 Å². The second-order valence-corrected chi connectivity index (χ2v) is 3.05. The van der Waals surface area contributed by atoms with Crippen molar-refractivity contribution in [1.82, 2.24) is 0 Å². The highest BCUT2D eigenvalue weighted by molar-refractivity contribution is 5.42. The molecule has 0 bridgehead atoms. The van der Waals surface area contributed by atoms with Crippen LogP contribution in [0.4, 0.5) is 5.69 Å². The molecular weight excluding hydrogens is 182 g/mol. The lowest BCUT2D eigenvalue weighted by molar-refractivity contribution is -0.386. The van der Waals surface area contributed by atoms with E-state index < -0.39 is 0 Å². The summed E-state index contributed by atoms with van der Waals surface area (Å²) in [5.41, 5.74) is 0.767. The fraction of sp³-hybridized carbons (Fsp3) is 0.200. The van der Waals surface area contributed by atoms with Crippen molar-refractivity contribution >= 4 is 5.69 Å². The molecule has 0 saturated heterocycles. The quantitative estimate of drug-likeness (QED) is 0.533. The Morgan fingerprint density at radius 3 is 2.86 bits per heavy atom. The first kappa shape index (κ1) is 8.74. The second kappa shape index (κ2) is 3.49. The van der Waals surface area contributed by atoms with E-state index in [0.29, 0.717) is 12.0 Å². The van der Waals surface area contributed by atoms with Crippen molar-refractivity contribution in [3.05, 3.63) is 52.3 Å². The summed E-state index contributed by atoms with van der Waals surface area (Å²) in [6.07, 6.45) is 3.95. The molecule has 72 valence electrons. The van der Waals surface area contributed by atoms with Gasteiger partial charge in [-0.3, -0.25) is 10.1 Å². The Balaban J connectivity index is 2.36. The first-order chi connectivity index (χ1) is 6.79. The van der Waals surface area contributed by atoms with Gasteiger partial charge in [0.25, 0.3) is 5.69 Å². The van der Waals surface area contributed by atoms with E-state index in [1.807, 2.05) is 6.08 Å². The smallest absolute Gasteiger partial charge is 0.276 e. The molecule has 1 aromatic rings. The Kier molecular flexibility index (Phi) is 2.18. The van der Waals surface area contributed by atoms with Crippen molar-refractivity contribution in [3.63, 3.8) is 0 Å². The normalized spacial score (nSPS) is 19.3. The number of benzene rings is 1. The third-order valence-corrected chi connectivity index (χ3v) is 2.17. The molecule has 0 fully saturated rings. The number of hydrogen-bond donors (Lipinski definition) is 0. The summed E-state index contributed by atoms with van der Waals surface area (Å²) < 4.78 is 5.24. The van der Waals surface area contributed by atoms with Crippen LogP contribution in [0.15, 0.2) is 36.6 Å². The van der Waals surface area contributed by atoms with Gasteiger partial charge < -0.3 is 4.74 Å². The van der Waals surface area contributed by atoms with Crippen LogP contribution >= 0.6 is 0 Å². The number of hydrogen-bond acceptors (Lipinski definition) is 3. The van der Waals surface area contributed by atoms with Gasteiger partial charge >= 0.3 is 0 Å². The van der Waals surface area contributed by atoms with Gasteiger partial charge in [-0.05, 0) is 12.1 Å². The third kappa shape index (κ3) is 1.46. The Morgan fingerprint density at radius 2 is 2.21 bits per heavy atom. The van der Waals surface area contributed by atoms with E-state index in [0.717, 1.165) is 0 Å². The maximum Gasteiger partial charge on any atom is 0.276 e. The summed E-state index contributed by atoms with van der Waals surface area (Å²) in [5, 5.41) is 10.7. The Morgan fingerprint density at radius 1 is 1.43 bits per heavy atom. The predicted octanol–water partition coefficient (Wildman–Crippen LogP) is 2.57. The van der Waals surface area contributed by atoms with Gasteiger partial charge in [0.05, 0.1) is 16.7 Å². The summed E-state index contributed by atoms with van der Waals surface area (Å²) >= 11 is 0. The van der Waals surface area contributed by atoms with Crippen LogP contribution in [0.25, 0.3) is 0 Å². The van der Waals surface area contributed by atoms with Crippen LogP contribution in [0.2, 0.25) is 0 Å². The molecule has 1 aromatic carbocycles. The molecule has 1 heterocycles. The predicted molar refractivity (Wildman–Crippen MR) is 50.7 cm³/mol. The summed E-state index contributed by atoms with van der Waals surface area (Å²) in [6, 6.07) is 6.67. The van der Waals surface area contributed by atoms with Crippen LogP contribution < -0.4 is 0 Å². The maximum atomic E-state index is 10.7. The zero-order valence-corrected chi connectivity index (χ0v) is 7.42. The zero-order valence-electron chi connectivity index (χ0n) is 7.42. The van der Waals surface area contributed by atoms with E-state index in [-0.39, 0.29) is 16.7 Å². The minimum atomic E-state index is -0.378. The van der Waals surface area contributed by atoms with E-state index in [2.05, 4.69) is 0 Å². The number of nitro groups is 1. The Hall–Kier alpha value is -1.84. The Bertz CT molecular complexity index is 379. The van der Waals surface area contributed by atoms with Crippen molar-refractivity contribution in [1.29, 1.82) is 0 Å². The van der Waals surface area contributed by atoms with Crippen molar-refractivity contribution in [2.75, 3.05) is 0 Å². The lowest BCUT2D eigenvalue weighted by Crippen LogP contribution is -2.00. The van der Waals surface area contributed by atoms with Crippen molar-refractivity contribution in [2.24, 2.45) is 0 Å². The average molecular weight is 191 g/mol. The van der Waals surface area contributed by atoms with Crippen LogP contribution in [0.5, 0.6) is 0 Å². The molecule has 2 rings (SSSR count). The second-order valence-electron chi connectivity index (χ2n) is 3.05. The number of ether oxygens (including phenoxy) is 1. The maximum absolute atomic E-state index is 10.7. The number of rotatable bonds is 2. The molecule has 0 saturated carbocycles. The molecule has 0 unspecified atom stereocenters. The molecule has 0 aliphatic carbocycles. The van der Waals surface area contributed by atoms with Crippen LogP contribution in [0, 0.1) is 10.1 Å². The monoisotopic (exact) mass is 191 g/mol. The van der Waals surface area contributed by atoms with Crippen molar-refractivity contribution < 1.29 is 9.66 Å². The van der Waals surface area contributed by atoms with E-state index in [1.165, 1.54) is 6.07 Å². The molecule has 0 N–H and O–H groups in total. The molecule has 1 aliphatic heterocycles. The summed E-state index contributed by atoms with van der Waals surface area (Å²) in [4.78, 5) is 10.3. The highest BCUT2D eigenvalue weighted by Gasteiger charge is 2.23. The molecule has 14 heavy (non-hydrogen) atoms. The number of nitrogens with zero attached hydrogens (tertiary/aromatic N) is 1. The lowest BCUT2D eigenvalue weighted by Gasteiger charge is -2.10. The van der Waals surface area contributed by atoms with Gasteiger partial charge in [-0.25, -0.2) is 0 Å². The average Bonchev–Trinajstić information content (AvgIpc) is 2.70. The van der Waals surface area contributed by atoms with Crippen LogP contribution in [-0.2, 0) is 4.74 Å². The van der Waals surface area contributed by atoms with E-state index in [9.17, 15) is 10.1 Å². The SMILES string of the molecule is O=[N+]([O-])c1ccccc1[C@H]1CC=CO1. The molecule has 4 heteroatoms. The molecule has 0 aromatic heterocycles. The van der Waals surface area contributed by atoms with Gasteiger partial charge in [0.2, 0.25) is 0 Å². The summed E-state index contributed by atoms with van der Waals surface area (Å²) in [5.74, 6) is 0. The molecule has 1 aliphatic rings. The first-order valence-electron chi connectivity index (χ1n) is 4.33.